The van der Waals surface area contributed by atoms with Gasteiger partial charge in [0.2, 0.25) is 0 Å². The highest BCUT2D eigenvalue weighted by molar-refractivity contribution is 5.85. The number of hydrogen-bond acceptors (Lipinski definition) is 3. The van der Waals surface area contributed by atoms with Gasteiger partial charge in [0.05, 0.1) is 11.2 Å². The number of benzene rings is 1. The van der Waals surface area contributed by atoms with Crippen LogP contribution in [0.2, 0.25) is 0 Å². The maximum Gasteiger partial charge on any atom is 0.0814 e. The Hall–Kier alpha value is -2.13. The largest absolute Gasteiger partial charge is 0.399 e. The number of rotatable bonds is 1. The van der Waals surface area contributed by atoms with Crippen LogP contribution in [0.25, 0.3) is 10.8 Å². The van der Waals surface area contributed by atoms with Gasteiger partial charge in [-0.3, -0.25) is 4.98 Å². The molecule has 3 rings (SSSR count). The summed E-state index contributed by atoms with van der Waals surface area (Å²) in [5.74, 6) is 0. The third-order valence-corrected chi connectivity index (χ3v) is 3.36. The van der Waals surface area contributed by atoms with Crippen LogP contribution < -0.4 is 11.5 Å². The molecular weight excluding hydrogens is 222 g/mol. The molecule has 1 atom stereocenters. The summed E-state index contributed by atoms with van der Waals surface area (Å²) in [7, 11) is 0. The van der Waals surface area contributed by atoms with Crippen molar-refractivity contribution >= 4 is 10.8 Å². The zero-order chi connectivity index (χ0) is 12.6. The number of hydrogen-bond donors (Lipinski definition) is 2. The lowest BCUT2D eigenvalue weighted by Crippen LogP contribution is -2.36. The summed E-state index contributed by atoms with van der Waals surface area (Å²) < 4.78 is 0. The van der Waals surface area contributed by atoms with E-state index in [0.717, 1.165) is 22.2 Å². The standard InChI is InChI=1S/C15H15N3/c16-12-5-8-15(17,9-6-12)14-13-4-2-1-3-11(13)7-10-18-14/h1-8,10H,9,16-17H2. The Morgan fingerprint density at radius 1 is 1.17 bits per heavy atom. The van der Waals surface area contributed by atoms with Gasteiger partial charge in [0, 0.05) is 17.3 Å². The molecule has 3 heteroatoms. The van der Waals surface area contributed by atoms with Crippen LogP contribution >= 0.6 is 0 Å². The van der Waals surface area contributed by atoms with Crippen LogP contribution in [0.4, 0.5) is 0 Å². The van der Waals surface area contributed by atoms with Crippen LogP contribution in [-0.2, 0) is 5.54 Å². The van der Waals surface area contributed by atoms with Crippen LogP contribution in [0, 0.1) is 0 Å². The van der Waals surface area contributed by atoms with Gasteiger partial charge in [-0.15, -0.1) is 0 Å². The fourth-order valence-electron chi connectivity index (χ4n) is 2.33. The van der Waals surface area contributed by atoms with Gasteiger partial charge >= 0.3 is 0 Å². The number of allylic oxidation sites excluding steroid dienone is 1. The van der Waals surface area contributed by atoms with E-state index in [4.69, 9.17) is 11.5 Å². The van der Waals surface area contributed by atoms with Crippen LogP contribution in [0.3, 0.4) is 0 Å². The topological polar surface area (TPSA) is 64.9 Å². The summed E-state index contributed by atoms with van der Waals surface area (Å²) in [6, 6.07) is 10.2. The molecule has 0 radical (unpaired) electrons. The predicted molar refractivity (Wildman–Crippen MR) is 73.6 cm³/mol. The summed E-state index contributed by atoms with van der Waals surface area (Å²) in [6.07, 6.45) is 8.23. The van der Waals surface area contributed by atoms with E-state index < -0.39 is 5.54 Å². The lowest BCUT2D eigenvalue weighted by atomic mass is 9.85. The highest BCUT2D eigenvalue weighted by Crippen LogP contribution is 2.31. The molecule has 1 aromatic heterocycles. The fourth-order valence-corrected chi connectivity index (χ4v) is 2.33. The molecule has 1 unspecified atom stereocenters. The molecule has 0 saturated carbocycles. The Kier molecular flexibility index (Phi) is 2.42. The molecule has 1 aliphatic carbocycles. The van der Waals surface area contributed by atoms with Crippen molar-refractivity contribution in [3.05, 3.63) is 66.1 Å². The Bertz CT molecular complexity index is 652. The lowest BCUT2D eigenvalue weighted by Gasteiger charge is -2.27. The zero-order valence-corrected chi connectivity index (χ0v) is 10.0. The van der Waals surface area contributed by atoms with Crippen molar-refractivity contribution in [3.8, 4) is 0 Å². The summed E-state index contributed by atoms with van der Waals surface area (Å²) in [5, 5.41) is 2.25. The van der Waals surface area contributed by atoms with Crippen molar-refractivity contribution in [2.75, 3.05) is 0 Å². The van der Waals surface area contributed by atoms with E-state index >= 15 is 0 Å². The summed E-state index contributed by atoms with van der Waals surface area (Å²) >= 11 is 0. The molecule has 1 aliphatic rings. The van der Waals surface area contributed by atoms with Crippen LogP contribution in [-0.4, -0.2) is 4.98 Å². The van der Waals surface area contributed by atoms with Crippen LogP contribution in [0.15, 0.2) is 60.5 Å². The first-order chi connectivity index (χ1) is 8.69. The first-order valence-corrected chi connectivity index (χ1v) is 5.97. The van der Waals surface area contributed by atoms with E-state index in [9.17, 15) is 0 Å². The van der Waals surface area contributed by atoms with Crippen molar-refractivity contribution in [2.45, 2.75) is 12.0 Å². The Morgan fingerprint density at radius 2 is 2.00 bits per heavy atom. The molecule has 0 saturated heterocycles. The van der Waals surface area contributed by atoms with Gasteiger partial charge in [-0.25, -0.2) is 0 Å². The minimum Gasteiger partial charge on any atom is -0.399 e. The first-order valence-electron chi connectivity index (χ1n) is 5.97. The lowest BCUT2D eigenvalue weighted by molar-refractivity contribution is 0.549. The molecule has 2 aromatic rings. The van der Waals surface area contributed by atoms with Crippen LogP contribution in [0.1, 0.15) is 12.1 Å². The minimum absolute atomic E-state index is 0.566. The Labute approximate surface area is 106 Å². The maximum atomic E-state index is 6.46. The van der Waals surface area contributed by atoms with Crippen molar-refractivity contribution < 1.29 is 0 Å². The summed E-state index contributed by atoms with van der Waals surface area (Å²) in [4.78, 5) is 4.48. The van der Waals surface area contributed by atoms with Gasteiger partial charge in [-0.1, -0.05) is 36.4 Å². The van der Waals surface area contributed by atoms with Crippen molar-refractivity contribution in [2.24, 2.45) is 11.5 Å². The predicted octanol–water partition coefficient (Wildman–Crippen LogP) is 2.19. The monoisotopic (exact) mass is 237 g/mol. The smallest absolute Gasteiger partial charge is 0.0814 e. The first kappa shape index (κ1) is 11.0. The highest BCUT2D eigenvalue weighted by Gasteiger charge is 2.28. The molecule has 0 amide bonds. The molecule has 0 bridgehead atoms. The number of aromatic nitrogens is 1. The minimum atomic E-state index is -0.566. The van der Waals surface area contributed by atoms with E-state index in [-0.39, 0.29) is 0 Å². The molecule has 1 heterocycles. The van der Waals surface area contributed by atoms with E-state index in [0.29, 0.717) is 6.42 Å². The van der Waals surface area contributed by atoms with Crippen molar-refractivity contribution in [1.82, 2.24) is 4.98 Å². The SMILES string of the molecule is NC1=CCC(N)(c2nccc3ccccc23)C=C1. The van der Waals surface area contributed by atoms with E-state index in [2.05, 4.69) is 17.1 Å². The second-order valence-electron chi connectivity index (χ2n) is 4.66. The number of pyridine rings is 1. The zero-order valence-electron chi connectivity index (χ0n) is 10.0. The number of nitrogens with zero attached hydrogens (tertiary/aromatic N) is 1. The normalized spacial score (nSPS) is 23.1. The van der Waals surface area contributed by atoms with Gasteiger partial charge in [0.25, 0.3) is 0 Å². The number of nitrogens with two attached hydrogens (primary N) is 2. The molecule has 3 nitrogen and oxygen atoms in total. The van der Waals surface area contributed by atoms with Gasteiger partial charge in [-0.2, -0.15) is 0 Å². The van der Waals surface area contributed by atoms with Gasteiger partial charge in [0.15, 0.2) is 0 Å². The molecule has 18 heavy (non-hydrogen) atoms. The van der Waals surface area contributed by atoms with E-state index in [1.54, 1.807) is 0 Å². The quantitative estimate of drug-likeness (QED) is 0.799. The highest BCUT2D eigenvalue weighted by atomic mass is 14.8. The van der Waals surface area contributed by atoms with Crippen molar-refractivity contribution in [1.29, 1.82) is 0 Å². The maximum absolute atomic E-state index is 6.46. The number of fused-ring (bicyclic) bond motifs is 1. The third kappa shape index (κ3) is 1.69. The third-order valence-electron chi connectivity index (χ3n) is 3.36. The second kappa shape index (κ2) is 3.96. The van der Waals surface area contributed by atoms with E-state index in [1.165, 1.54) is 0 Å². The second-order valence-corrected chi connectivity index (χ2v) is 4.66. The van der Waals surface area contributed by atoms with Gasteiger partial charge < -0.3 is 11.5 Å². The molecule has 0 aliphatic heterocycles. The molecule has 0 spiro atoms. The molecule has 1 aromatic carbocycles. The Balaban J connectivity index is 2.18. The van der Waals surface area contributed by atoms with Crippen molar-refractivity contribution in [3.63, 3.8) is 0 Å². The molecule has 90 valence electrons. The fraction of sp³-hybridized carbons (Fsp3) is 0.133. The molecule has 4 N–H and O–H groups in total. The molecule has 0 fully saturated rings. The Morgan fingerprint density at radius 3 is 2.78 bits per heavy atom. The average molecular weight is 237 g/mol. The molecular formula is C15H15N3. The van der Waals surface area contributed by atoms with Gasteiger partial charge in [-0.05, 0) is 23.9 Å². The van der Waals surface area contributed by atoms with Crippen LogP contribution in [0.5, 0.6) is 0 Å². The van der Waals surface area contributed by atoms with E-state index in [1.807, 2.05) is 42.6 Å². The summed E-state index contributed by atoms with van der Waals surface area (Å²) in [6.45, 7) is 0. The van der Waals surface area contributed by atoms with Gasteiger partial charge in [0.1, 0.15) is 0 Å². The average Bonchev–Trinajstić information content (AvgIpc) is 2.42. The summed E-state index contributed by atoms with van der Waals surface area (Å²) in [5.41, 5.74) is 13.3.